The lowest BCUT2D eigenvalue weighted by Gasteiger charge is -2.18. The van der Waals surface area contributed by atoms with Gasteiger partial charge in [0.1, 0.15) is 0 Å². The fourth-order valence-corrected chi connectivity index (χ4v) is 5.34. The molecule has 1 heterocycles. The highest BCUT2D eigenvalue weighted by molar-refractivity contribution is 6.22. The van der Waals surface area contributed by atoms with Crippen molar-refractivity contribution in [1.82, 2.24) is 9.97 Å². The van der Waals surface area contributed by atoms with Crippen molar-refractivity contribution in [1.29, 1.82) is 0 Å². The van der Waals surface area contributed by atoms with Crippen molar-refractivity contribution >= 4 is 32.3 Å². The van der Waals surface area contributed by atoms with Gasteiger partial charge in [-0.1, -0.05) is 103 Å². The Balaban J connectivity index is 1.63. The summed E-state index contributed by atoms with van der Waals surface area (Å²) >= 11 is 0. The summed E-state index contributed by atoms with van der Waals surface area (Å²) in [4.78, 5) is 9.05. The predicted molar refractivity (Wildman–Crippen MR) is 151 cm³/mol. The first-order valence-corrected chi connectivity index (χ1v) is 12.2. The Labute approximate surface area is 209 Å². The monoisotopic (exact) mass is 458 g/mol. The smallest absolute Gasteiger partial charge is 0.159 e. The van der Waals surface area contributed by atoms with Gasteiger partial charge < -0.3 is 0 Å². The van der Waals surface area contributed by atoms with Crippen LogP contribution in [0.15, 0.2) is 134 Å². The van der Waals surface area contributed by atoms with Crippen molar-refractivity contribution in [3.05, 3.63) is 134 Å². The second-order valence-electron chi connectivity index (χ2n) is 9.06. The van der Waals surface area contributed by atoms with Crippen LogP contribution in [0.2, 0.25) is 0 Å². The quantitative estimate of drug-likeness (QED) is 0.247. The van der Waals surface area contributed by atoms with Gasteiger partial charge in [-0.3, -0.25) is 0 Å². The molecule has 7 rings (SSSR count). The highest BCUT2D eigenvalue weighted by Gasteiger charge is 2.17. The van der Waals surface area contributed by atoms with Crippen molar-refractivity contribution < 1.29 is 0 Å². The van der Waals surface area contributed by atoms with Crippen molar-refractivity contribution in [2.45, 2.75) is 0 Å². The molecule has 0 atom stereocenters. The maximum atomic E-state index is 4.52. The number of benzene rings is 6. The molecule has 0 bridgehead atoms. The Morgan fingerprint density at radius 3 is 1.75 bits per heavy atom. The number of rotatable bonds is 3. The number of hydrogen-bond acceptors (Lipinski definition) is 2. The number of nitrogens with zero attached hydrogens (tertiary/aromatic N) is 2. The zero-order valence-electron chi connectivity index (χ0n) is 19.6. The van der Waals surface area contributed by atoms with Gasteiger partial charge in [-0.15, -0.1) is 0 Å². The third-order valence-electron chi connectivity index (χ3n) is 6.95. The summed E-state index contributed by atoms with van der Waals surface area (Å²) in [5.41, 5.74) is 5.93. The molecule has 0 N–H and O–H groups in total. The van der Waals surface area contributed by atoms with E-state index in [1.165, 1.54) is 54.6 Å². The standard InChI is InChI=1S/C34H22N2/c1-2-10-24(11-3-1)32-28-13-6-7-14-29(28)33(26-16-15-23-9-4-5-12-25(23)21-26)30-18-17-27(22-31(30)32)34-35-19-8-20-36-34/h1-22H. The molecule has 0 aliphatic rings. The molecule has 0 saturated carbocycles. The van der Waals surface area contributed by atoms with Gasteiger partial charge in [0.25, 0.3) is 0 Å². The predicted octanol–water partition coefficient (Wildman–Crippen LogP) is 8.94. The minimum Gasteiger partial charge on any atom is -0.237 e. The van der Waals surface area contributed by atoms with Gasteiger partial charge in [0.2, 0.25) is 0 Å². The SMILES string of the molecule is c1ccc(-c2c3ccccc3c(-c3ccc4ccccc4c3)c3ccc(-c4ncccn4)cc23)cc1. The van der Waals surface area contributed by atoms with E-state index in [1.807, 2.05) is 6.07 Å². The second-order valence-corrected chi connectivity index (χ2v) is 9.06. The topological polar surface area (TPSA) is 25.8 Å². The van der Waals surface area contributed by atoms with Crippen molar-refractivity contribution in [3.63, 3.8) is 0 Å². The van der Waals surface area contributed by atoms with Crippen LogP contribution in [0.4, 0.5) is 0 Å². The van der Waals surface area contributed by atoms with E-state index in [1.54, 1.807) is 12.4 Å². The normalized spacial score (nSPS) is 11.3. The summed E-state index contributed by atoms with van der Waals surface area (Å²) in [6, 6.07) is 43.3. The van der Waals surface area contributed by atoms with Gasteiger partial charge in [0.05, 0.1) is 0 Å². The van der Waals surface area contributed by atoms with Crippen LogP contribution in [-0.2, 0) is 0 Å². The average Bonchev–Trinajstić information content (AvgIpc) is 2.96. The first-order valence-electron chi connectivity index (χ1n) is 12.2. The summed E-state index contributed by atoms with van der Waals surface area (Å²) < 4.78 is 0. The minimum atomic E-state index is 0.735. The van der Waals surface area contributed by atoms with Crippen LogP contribution in [0, 0.1) is 0 Å². The molecule has 36 heavy (non-hydrogen) atoms. The van der Waals surface area contributed by atoms with Crippen molar-refractivity contribution in [2.75, 3.05) is 0 Å². The number of hydrogen-bond donors (Lipinski definition) is 0. The molecule has 0 amide bonds. The zero-order valence-corrected chi connectivity index (χ0v) is 19.6. The molecule has 0 spiro atoms. The van der Waals surface area contributed by atoms with Crippen LogP contribution < -0.4 is 0 Å². The van der Waals surface area contributed by atoms with Crippen LogP contribution in [0.25, 0.3) is 66.0 Å². The van der Waals surface area contributed by atoms with Gasteiger partial charge in [0, 0.05) is 18.0 Å². The molecular weight excluding hydrogens is 436 g/mol. The third kappa shape index (κ3) is 3.35. The first-order chi connectivity index (χ1) is 17.9. The van der Waals surface area contributed by atoms with Crippen molar-refractivity contribution in [3.8, 4) is 33.6 Å². The molecule has 0 saturated heterocycles. The van der Waals surface area contributed by atoms with Crippen LogP contribution in [0.1, 0.15) is 0 Å². The second kappa shape index (κ2) is 8.44. The van der Waals surface area contributed by atoms with Gasteiger partial charge in [-0.2, -0.15) is 0 Å². The van der Waals surface area contributed by atoms with Gasteiger partial charge in [-0.25, -0.2) is 9.97 Å². The Morgan fingerprint density at radius 2 is 0.972 bits per heavy atom. The molecule has 0 radical (unpaired) electrons. The highest BCUT2D eigenvalue weighted by atomic mass is 14.8. The third-order valence-corrected chi connectivity index (χ3v) is 6.95. The summed E-state index contributed by atoms with van der Waals surface area (Å²) in [7, 11) is 0. The van der Waals surface area contributed by atoms with E-state index in [2.05, 4.69) is 125 Å². The van der Waals surface area contributed by atoms with E-state index in [-0.39, 0.29) is 0 Å². The van der Waals surface area contributed by atoms with E-state index in [9.17, 15) is 0 Å². The Bertz CT molecular complexity index is 1870. The number of aromatic nitrogens is 2. The molecule has 0 unspecified atom stereocenters. The molecule has 0 fully saturated rings. The van der Waals surface area contributed by atoms with E-state index >= 15 is 0 Å². The molecule has 0 aliphatic carbocycles. The van der Waals surface area contributed by atoms with E-state index in [0.29, 0.717) is 0 Å². The lowest BCUT2D eigenvalue weighted by molar-refractivity contribution is 1.18. The van der Waals surface area contributed by atoms with E-state index < -0.39 is 0 Å². The van der Waals surface area contributed by atoms with Crippen molar-refractivity contribution in [2.24, 2.45) is 0 Å². The fourth-order valence-electron chi connectivity index (χ4n) is 5.34. The zero-order chi connectivity index (χ0) is 23.9. The van der Waals surface area contributed by atoms with E-state index in [4.69, 9.17) is 0 Å². The molecule has 7 aromatic rings. The van der Waals surface area contributed by atoms with Crippen LogP contribution in [0.5, 0.6) is 0 Å². The maximum absolute atomic E-state index is 4.52. The maximum Gasteiger partial charge on any atom is 0.159 e. The average molecular weight is 459 g/mol. The molecule has 168 valence electrons. The molecule has 2 nitrogen and oxygen atoms in total. The van der Waals surface area contributed by atoms with Gasteiger partial charge in [-0.05, 0) is 72.8 Å². The lowest BCUT2D eigenvalue weighted by atomic mass is 9.85. The van der Waals surface area contributed by atoms with Crippen LogP contribution in [0.3, 0.4) is 0 Å². The summed E-state index contributed by atoms with van der Waals surface area (Å²) in [5.74, 6) is 0.735. The Morgan fingerprint density at radius 1 is 0.361 bits per heavy atom. The molecular formula is C34H22N2. The molecule has 0 aliphatic heterocycles. The Kier molecular flexibility index (Phi) is 4.82. The molecule has 1 aromatic heterocycles. The first kappa shape index (κ1) is 20.5. The van der Waals surface area contributed by atoms with Crippen LogP contribution in [-0.4, -0.2) is 9.97 Å². The summed E-state index contributed by atoms with van der Waals surface area (Å²) in [6.07, 6.45) is 3.59. The molecule has 2 heteroatoms. The fraction of sp³-hybridized carbons (Fsp3) is 0. The summed E-state index contributed by atoms with van der Waals surface area (Å²) in [6.45, 7) is 0. The highest BCUT2D eigenvalue weighted by Crippen LogP contribution is 2.44. The van der Waals surface area contributed by atoms with Gasteiger partial charge >= 0.3 is 0 Å². The van der Waals surface area contributed by atoms with E-state index in [0.717, 1.165) is 11.4 Å². The Hall–Kier alpha value is -4.82. The van der Waals surface area contributed by atoms with Crippen LogP contribution >= 0.6 is 0 Å². The number of fused-ring (bicyclic) bond motifs is 3. The lowest BCUT2D eigenvalue weighted by Crippen LogP contribution is -1.93. The summed E-state index contributed by atoms with van der Waals surface area (Å²) in [5, 5.41) is 7.41. The molecule has 6 aromatic carbocycles. The largest absolute Gasteiger partial charge is 0.237 e. The minimum absolute atomic E-state index is 0.735. The van der Waals surface area contributed by atoms with Gasteiger partial charge in [0.15, 0.2) is 5.82 Å².